The van der Waals surface area contributed by atoms with Crippen LogP contribution < -0.4 is 5.32 Å². The molecule has 3 heterocycles. The van der Waals surface area contributed by atoms with Crippen LogP contribution in [0.1, 0.15) is 49.4 Å². The lowest BCUT2D eigenvalue weighted by atomic mass is 9.92. The van der Waals surface area contributed by atoms with Crippen molar-refractivity contribution in [1.82, 2.24) is 15.0 Å². The summed E-state index contributed by atoms with van der Waals surface area (Å²) in [5.74, 6) is 2.24. The predicted octanol–water partition coefficient (Wildman–Crippen LogP) is 3.80. The fourth-order valence-corrected chi connectivity index (χ4v) is 4.58. The minimum absolute atomic E-state index is 0.0221. The highest BCUT2D eigenvalue weighted by Gasteiger charge is 2.22. The summed E-state index contributed by atoms with van der Waals surface area (Å²) in [5.41, 5.74) is 2.92. The average molecular weight is 377 g/mol. The van der Waals surface area contributed by atoms with E-state index >= 15 is 0 Å². The third kappa shape index (κ3) is 4.92. The Morgan fingerprint density at radius 2 is 2.08 bits per heavy atom. The SMILES string of the molecule is Cc1noc(C)c1CCC(=O)Nc1nc(CN2C[C@H](C)C[C@@H](C)C2)cs1. The van der Waals surface area contributed by atoms with E-state index < -0.39 is 0 Å². The molecule has 0 spiro atoms. The van der Waals surface area contributed by atoms with E-state index in [9.17, 15) is 4.79 Å². The number of hydrogen-bond donors (Lipinski definition) is 1. The van der Waals surface area contributed by atoms with E-state index in [1.54, 1.807) is 0 Å². The Morgan fingerprint density at radius 1 is 1.35 bits per heavy atom. The van der Waals surface area contributed by atoms with Gasteiger partial charge in [-0.2, -0.15) is 0 Å². The van der Waals surface area contributed by atoms with Crippen LogP contribution in [0.5, 0.6) is 0 Å². The van der Waals surface area contributed by atoms with Crippen molar-refractivity contribution < 1.29 is 9.32 Å². The Bertz CT molecular complexity index is 725. The van der Waals surface area contributed by atoms with Gasteiger partial charge in [0.15, 0.2) is 5.13 Å². The van der Waals surface area contributed by atoms with E-state index in [0.29, 0.717) is 18.0 Å². The van der Waals surface area contributed by atoms with Crippen LogP contribution in [-0.4, -0.2) is 34.0 Å². The zero-order chi connectivity index (χ0) is 18.7. The molecule has 26 heavy (non-hydrogen) atoms. The fourth-order valence-electron chi connectivity index (χ4n) is 3.87. The standard InChI is InChI=1S/C19H28N4O2S/c1-12-7-13(2)9-23(8-12)10-16-11-26-19(20-16)21-18(24)6-5-17-14(3)22-25-15(17)4/h11-13H,5-10H2,1-4H3,(H,20,21,24)/t12-,13-/m1/s1. The third-order valence-electron chi connectivity index (χ3n) is 4.91. The number of hydrogen-bond acceptors (Lipinski definition) is 6. The number of nitrogens with one attached hydrogen (secondary N) is 1. The number of amides is 1. The summed E-state index contributed by atoms with van der Waals surface area (Å²) in [6.45, 7) is 11.5. The predicted molar refractivity (Wildman–Crippen MR) is 103 cm³/mol. The van der Waals surface area contributed by atoms with Crippen LogP contribution in [0.2, 0.25) is 0 Å². The quantitative estimate of drug-likeness (QED) is 0.830. The smallest absolute Gasteiger partial charge is 0.226 e. The van der Waals surface area contributed by atoms with Crippen molar-refractivity contribution >= 4 is 22.4 Å². The number of likely N-dealkylation sites (tertiary alicyclic amines) is 1. The molecule has 1 saturated heterocycles. The Labute approximate surface area is 159 Å². The highest BCUT2D eigenvalue weighted by molar-refractivity contribution is 7.13. The van der Waals surface area contributed by atoms with Crippen LogP contribution in [0.4, 0.5) is 5.13 Å². The van der Waals surface area contributed by atoms with Gasteiger partial charge in [-0.3, -0.25) is 9.69 Å². The number of piperidine rings is 1. The first kappa shape index (κ1) is 19.0. The maximum absolute atomic E-state index is 12.2. The van der Waals surface area contributed by atoms with Gasteiger partial charge in [0, 0.05) is 37.0 Å². The molecule has 1 N–H and O–H groups in total. The molecular weight excluding hydrogens is 348 g/mol. The van der Waals surface area contributed by atoms with Crippen LogP contribution in [-0.2, 0) is 17.8 Å². The number of nitrogens with zero attached hydrogens (tertiary/aromatic N) is 3. The van der Waals surface area contributed by atoms with Crippen molar-refractivity contribution in [2.45, 2.75) is 53.5 Å². The first-order chi connectivity index (χ1) is 12.4. The first-order valence-electron chi connectivity index (χ1n) is 9.29. The van der Waals surface area contributed by atoms with E-state index in [0.717, 1.165) is 54.2 Å². The van der Waals surface area contributed by atoms with Crippen LogP contribution in [0.3, 0.4) is 0 Å². The molecule has 1 fully saturated rings. The van der Waals surface area contributed by atoms with Gasteiger partial charge in [-0.15, -0.1) is 11.3 Å². The highest BCUT2D eigenvalue weighted by atomic mass is 32.1. The van der Waals surface area contributed by atoms with Gasteiger partial charge in [0.2, 0.25) is 5.91 Å². The number of carbonyl (C=O) groups excluding carboxylic acids is 1. The molecule has 7 heteroatoms. The second kappa shape index (κ2) is 8.31. The normalized spacial score (nSPS) is 21.1. The van der Waals surface area contributed by atoms with Crippen molar-refractivity contribution in [3.05, 3.63) is 28.1 Å². The third-order valence-corrected chi connectivity index (χ3v) is 5.72. The Morgan fingerprint density at radius 3 is 2.73 bits per heavy atom. The van der Waals surface area contributed by atoms with Crippen molar-refractivity contribution in [1.29, 1.82) is 0 Å². The van der Waals surface area contributed by atoms with Gasteiger partial charge in [-0.25, -0.2) is 4.98 Å². The van der Waals surface area contributed by atoms with Crippen LogP contribution in [0.15, 0.2) is 9.90 Å². The molecule has 1 amide bonds. The maximum Gasteiger partial charge on any atom is 0.226 e. The van der Waals surface area contributed by atoms with E-state index in [1.807, 2.05) is 19.2 Å². The van der Waals surface area contributed by atoms with Gasteiger partial charge in [-0.05, 0) is 38.5 Å². The molecule has 3 rings (SSSR count). The van der Waals surface area contributed by atoms with E-state index in [2.05, 4.69) is 34.2 Å². The summed E-state index contributed by atoms with van der Waals surface area (Å²) in [5, 5.41) is 9.57. The van der Waals surface area contributed by atoms with Crippen molar-refractivity contribution in [3.8, 4) is 0 Å². The molecule has 0 aliphatic carbocycles. The summed E-state index contributed by atoms with van der Waals surface area (Å²) in [7, 11) is 0. The topological polar surface area (TPSA) is 71.3 Å². The number of carbonyl (C=O) groups is 1. The Balaban J connectivity index is 1.49. The molecule has 2 aromatic rings. The van der Waals surface area contributed by atoms with E-state index in [4.69, 9.17) is 4.52 Å². The fraction of sp³-hybridized carbons (Fsp3) is 0.632. The van der Waals surface area contributed by atoms with Gasteiger partial charge < -0.3 is 9.84 Å². The number of aromatic nitrogens is 2. The van der Waals surface area contributed by atoms with Crippen molar-refractivity contribution in [2.24, 2.45) is 11.8 Å². The van der Waals surface area contributed by atoms with E-state index in [1.165, 1.54) is 17.8 Å². The minimum Gasteiger partial charge on any atom is -0.361 e. The average Bonchev–Trinajstić information content (AvgIpc) is 3.11. The Hall–Kier alpha value is -1.73. The summed E-state index contributed by atoms with van der Waals surface area (Å²) in [6, 6.07) is 0. The lowest BCUT2D eigenvalue weighted by Gasteiger charge is -2.34. The molecule has 0 radical (unpaired) electrons. The molecule has 0 saturated carbocycles. The van der Waals surface area contributed by atoms with Gasteiger partial charge in [-0.1, -0.05) is 19.0 Å². The van der Waals surface area contributed by atoms with Crippen molar-refractivity contribution in [2.75, 3.05) is 18.4 Å². The lowest BCUT2D eigenvalue weighted by Crippen LogP contribution is -2.38. The van der Waals surface area contributed by atoms with Crippen LogP contribution >= 0.6 is 11.3 Å². The Kier molecular flexibility index (Phi) is 6.09. The second-order valence-electron chi connectivity index (χ2n) is 7.64. The highest BCUT2D eigenvalue weighted by Crippen LogP contribution is 2.24. The first-order valence-corrected chi connectivity index (χ1v) is 10.2. The molecule has 0 bridgehead atoms. The number of anilines is 1. The number of aryl methyl sites for hydroxylation is 2. The zero-order valence-corrected chi connectivity index (χ0v) is 16.9. The van der Waals surface area contributed by atoms with Gasteiger partial charge >= 0.3 is 0 Å². The van der Waals surface area contributed by atoms with E-state index in [-0.39, 0.29) is 5.91 Å². The van der Waals surface area contributed by atoms with Gasteiger partial charge in [0.05, 0.1) is 11.4 Å². The number of thiazole rings is 1. The largest absolute Gasteiger partial charge is 0.361 e. The van der Waals surface area contributed by atoms with Crippen LogP contribution in [0, 0.1) is 25.7 Å². The molecule has 2 atom stereocenters. The monoisotopic (exact) mass is 376 g/mol. The molecule has 0 unspecified atom stereocenters. The lowest BCUT2D eigenvalue weighted by molar-refractivity contribution is -0.116. The molecular formula is C19H28N4O2S. The molecule has 6 nitrogen and oxygen atoms in total. The summed E-state index contributed by atoms with van der Waals surface area (Å²) < 4.78 is 5.14. The molecule has 1 aliphatic rings. The maximum atomic E-state index is 12.2. The molecule has 142 valence electrons. The molecule has 0 aromatic carbocycles. The number of rotatable bonds is 6. The summed E-state index contributed by atoms with van der Waals surface area (Å²) in [6.07, 6.45) is 2.34. The summed E-state index contributed by atoms with van der Waals surface area (Å²) in [4.78, 5) is 19.3. The minimum atomic E-state index is -0.0221. The van der Waals surface area contributed by atoms with Crippen molar-refractivity contribution in [3.63, 3.8) is 0 Å². The summed E-state index contributed by atoms with van der Waals surface area (Å²) >= 11 is 1.50. The van der Waals surface area contributed by atoms with Gasteiger partial charge in [0.25, 0.3) is 0 Å². The van der Waals surface area contributed by atoms with Gasteiger partial charge in [0.1, 0.15) is 5.76 Å². The zero-order valence-electron chi connectivity index (χ0n) is 16.0. The van der Waals surface area contributed by atoms with Crippen LogP contribution in [0.25, 0.3) is 0 Å². The molecule has 2 aromatic heterocycles. The second-order valence-corrected chi connectivity index (χ2v) is 8.49. The molecule has 1 aliphatic heterocycles.